The Hall–Kier alpha value is -2.35. The van der Waals surface area contributed by atoms with Crippen LogP contribution in [0.1, 0.15) is 5.56 Å². The topological polar surface area (TPSA) is 27.1 Å². The molecule has 0 unspecified atom stereocenters. The summed E-state index contributed by atoms with van der Waals surface area (Å²) in [6.07, 6.45) is 6.95. The molecule has 1 rings (SSSR count). The molecule has 0 radical (unpaired) electrons. The van der Waals surface area contributed by atoms with Crippen molar-refractivity contribution in [2.45, 2.75) is 0 Å². The third kappa shape index (κ3) is 4.11. The molecule has 0 atom stereocenters. The molecule has 0 bridgehead atoms. The summed E-state index contributed by atoms with van der Waals surface area (Å²) in [4.78, 5) is 2.00. The van der Waals surface area contributed by atoms with Gasteiger partial charge in [-0.2, -0.15) is 0 Å². The Morgan fingerprint density at radius 3 is 2.26 bits per heavy atom. The fourth-order valence-electron chi connectivity index (χ4n) is 1.69. The van der Waals surface area contributed by atoms with E-state index in [4.69, 9.17) is 5.41 Å². The van der Waals surface area contributed by atoms with E-state index in [1.54, 1.807) is 18.2 Å². The second-order valence-electron chi connectivity index (χ2n) is 4.27. The van der Waals surface area contributed by atoms with Gasteiger partial charge in [-0.1, -0.05) is 61.7 Å². The third-order valence-electron chi connectivity index (χ3n) is 2.66. The minimum atomic E-state index is 0.419. The molecule has 0 heterocycles. The van der Waals surface area contributed by atoms with Crippen LogP contribution in [0, 0.1) is 5.41 Å². The van der Waals surface area contributed by atoms with E-state index >= 15 is 0 Å². The lowest BCUT2D eigenvalue weighted by molar-refractivity contribution is 0.592. The lowest BCUT2D eigenvalue weighted by Gasteiger charge is -2.18. The standard InChI is InChI=1S/C17H20N2/c1-5-10-14(6-2)16(18)13-17(19(3)4)15-11-8-7-9-12-15/h5-13,18H,1-2H2,3-4H3/b14-10+,17-13-,18-16?. The molecule has 0 aliphatic rings. The van der Waals surface area contributed by atoms with Crippen LogP contribution in [0.25, 0.3) is 5.70 Å². The first-order chi connectivity index (χ1) is 9.10. The van der Waals surface area contributed by atoms with Crippen molar-refractivity contribution in [2.24, 2.45) is 0 Å². The van der Waals surface area contributed by atoms with Crippen molar-refractivity contribution in [2.75, 3.05) is 14.1 Å². The van der Waals surface area contributed by atoms with Gasteiger partial charge in [0, 0.05) is 19.8 Å². The Morgan fingerprint density at radius 2 is 1.79 bits per heavy atom. The zero-order chi connectivity index (χ0) is 14.3. The first-order valence-electron chi connectivity index (χ1n) is 6.08. The van der Waals surface area contributed by atoms with Gasteiger partial charge in [-0.25, -0.2) is 0 Å². The minimum Gasteiger partial charge on any atom is -0.377 e. The molecule has 98 valence electrons. The molecule has 0 aliphatic carbocycles. The second kappa shape index (κ2) is 7.17. The number of benzene rings is 1. The van der Waals surface area contributed by atoms with Gasteiger partial charge < -0.3 is 10.3 Å². The van der Waals surface area contributed by atoms with Crippen molar-refractivity contribution in [3.8, 4) is 0 Å². The number of nitrogens with one attached hydrogen (secondary N) is 1. The Kier molecular flexibility index (Phi) is 5.55. The Balaban J connectivity index is 3.17. The van der Waals surface area contributed by atoms with Gasteiger partial charge in [0.25, 0.3) is 0 Å². The SMILES string of the molecule is C=C/C=C(\C=C)C(=N)/C=C(/c1ccccc1)N(C)C. The average Bonchev–Trinajstić information content (AvgIpc) is 2.42. The molecule has 1 N–H and O–H groups in total. The maximum Gasteiger partial charge on any atom is 0.0632 e. The van der Waals surface area contributed by atoms with Crippen molar-refractivity contribution in [3.63, 3.8) is 0 Å². The number of nitrogens with zero attached hydrogens (tertiary/aromatic N) is 1. The van der Waals surface area contributed by atoms with Crippen molar-refractivity contribution in [1.82, 2.24) is 4.90 Å². The van der Waals surface area contributed by atoms with Crippen LogP contribution in [0.5, 0.6) is 0 Å². The molecule has 0 spiro atoms. The molecule has 0 aliphatic heterocycles. The van der Waals surface area contributed by atoms with Crippen molar-refractivity contribution in [1.29, 1.82) is 5.41 Å². The van der Waals surface area contributed by atoms with Crippen LogP contribution in [-0.2, 0) is 0 Å². The molecule has 1 aromatic carbocycles. The van der Waals surface area contributed by atoms with Crippen molar-refractivity contribution < 1.29 is 0 Å². The minimum absolute atomic E-state index is 0.419. The summed E-state index contributed by atoms with van der Waals surface area (Å²) in [5.41, 5.74) is 3.24. The van der Waals surface area contributed by atoms with Gasteiger partial charge in [0.2, 0.25) is 0 Å². The summed E-state index contributed by atoms with van der Waals surface area (Å²) in [5, 5.41) is 8.13. The van der Waals surface area contributed by atoms with Crippen molar-refractivity contribution >= 4 is 11.4 Å². The number of hydrogen-bond donors (Lipinski definition) is 1. The maximum absolute atomic E-state index is 8.13. The first kappa shape index (κ1) is 14.7. The van der Waals surface area contributed by atoms with Gasteiger partial charge in [-0.3, -0.25) is 0 Å². The highest BCUT2D eigenvalue weighted by Crippen LogP contribution is 2.17. The molecule has 0 aromatic heterocycles. The van der Waals surface area contributed by atoms with Gasteiger partial charge in [0.15, 0.2) is 0 Å². The normalized spacial score (nSPS) is 11.9. The van der Waals surface area contributed by atoms with Crippen LogP contribution >= 0.6 is 0 Å². The van der Waals surface area contributed by atoms with Gasteiger partial charge in [-0.15, -0.1) is 0 Å². The lowest BCUT2D eigenvalue weighted by Crippen LogP contribution is -2.12. The molecule has 0 saturated heterocycles. The van der Waals surface area contributed by atoms with Crippen LogP contribution in [-0.4, -0.2) is 24.7 Å². The molecule has 0 amide bonds. The summed E-state index contributed by atoms with van der Waals surface area (Å²) in [6, 6.07) is 10.0. The number of hydrogen-bond acceptors (Lipinski definition) is 2. The molecule has 0 fully saturated rings. The van der Waals surface area contributed by atoms with Gasteiger partial charge in [0.05, 0.1) is 5.71 Å². The highest BCUT2D eigenvalue weighted by molar-refractivity contribution is 6.11. The van der Waals surface area contributed by atoms with E-state index in [1.807, 2.05) is 55.4 Å². The molecule has 0 saturated carbocycles. The summed E-state index contributed by atoms with van der Waals surface area (Å²) in [5.74, 6) is 0. The summed E-state index contributed by atoms with van der Waals surface area (Å²) in [7, 11) is 3.94. The predicted octanol–water partition coefficient (Wildman–Crippen LogP) is 3.91. The first-order valence-corrected chi connectivity index (χ1v) is 6.08. The molecule has 1 aromatic rings. The second-order valence-corrected chi connectivity index (χ2v) is 4.27. The largest absolute Gasteiger partial charge is 0.377 e. The number of rotatable bonds is 6. The van der Waals surface area contributed by atoms with Gasteiger partial charge in [-0.05, 0) is 17.2 Å². The van der Waals surface area contributed by atoms with E-state index in [2.05, 4.69) is 13.2 Å². The molecule has 19 heavy (non-hydrogen) atoms. The van der Waals surface area contributed by atoms with Crippen LogP contribution < -0.4 is 0 Å². The van der Waals surface area contributed by atoms with Gasteiger partial charge in [0.1, 0.15) is 0 Å². The maximum atomic E-state index is 8.13. The smallest absolute Gasteiger partial charge is 0.0632 e. The monoisotopic (exact) mass is 252 g/mol. The van der Waals surface area contributed by atoms with E-state index in [9.17, 15) is 0 Å². The Labute approximate surface area is 115 Å². The lowest BCUT2D eigenvalue weighted by atomic mass is 10.1. The summed E-state index contributed by atoms with van der Waals surface area (Å²) in [6.45, 7) is 7.38. The zero-order valence-corrected chi connectivity index (χ0v) is 11.6. The quantitative estimate of drug-likeness (QED) is 0.603. The zero-order valence-electron chi connectivity index (χ0n) is 11.6. The highest BCUT2D eigenvalue weighted by atomic mass is 15.1. The van der Waals surface area contributed by atoms with E-state index in [1.165, 1.54) is 0 Å². The average molecular weight is 252 g/mol. The van der Waals surface area contributed by atoms with Crippen LogP contribution in [0.4, 0.5) is 0 Å². The summed E-state index contributed by atoms with van der Waals surface area (Å²) >= 11 is 0. The van der Waals surface area contributed by atoms with Crippen LogP contribution in [0.3, 0.4) is 0 Å². The van der Waals surface area contributed by atoms with E-state index in [-0.39, 0.29) is 0 Å². The fraction of sp³-hybridized carbons (Fsp3) is 0.118. The van der Waals surface area contributed by atoms with E-state index in [0.29, 0.717) is 5.71 Å². The Bertz CT molecular complexity index is 519. The van der Waals surface area contributed by atoms with E-state index < -0.39 is 0 Å². The van der Waals surface area contributed by atoms with Crippen LogP contribution in [0.15, 0.2) is 73.4 Å². The Morgan fingerprint density at radius 1 is 1.16 bits per heavy atom. The molecular formula is C17H20N2. The van der Waals surface area contributed by atoms with E-state index in [0.717, 1.165) is 16.8 Å². The molecular weight excluding hydrogens is 232 g/mol. The molecule has 2 nitrogen and oxygen atoms in total. The fourth-order valence-corrected chi connectivity index (χ4v) is 1.69. The predicted molar refractivity (Wildman–Crippen MR) is 84.3 cm³/mol. The number of allylic oxidation sites excluding steroid dienone is 5. The van der Waals surface area contributed by atoms with Crippen molar-refractivity contribution in [3.05, 3.63) is 78.9 Å². The van der Waals surface area contributed by atoms with Gasteiger partial charge >= 0.3 is 0 Å². The highest BCUT2D eigenvalue weighted by Gasteiger charge is 2.06. The summed E-state index contributed by atoms with van der Waals surface area (Å²) < 4.78 is 0. The molecule has 2 heteroatoms. The third-order valence-corrected chi connectivity index (χ3v) is 2.66. The van der Waals surface area contributed by atoms with Crippen LogP contribution in [0.2, 0.25) is 0 Å².